The van der Waals surface area contributed by atoms with Crippen molar-refractivity contribution in [2.45, 2.75) is 75.1 Å². The number of aromatic hydroxyl groups is 2. The summed E-state index contributed by atoms with van der Waals surface area (Å²) in [5.41, 5.74) is 7.42. The first kappa shape index (κ1) is 33.2. The maximum atomic E-state index is 12.5. The number of unbranched alkanes of at least 4 members (excludes halogenated alkanes) is 2. The summed E-state index contributed by atoms with van der Waals surface area (Å²) in [5.74, 6) is -2.76. The van der Waals surface area contributed by atoms with Crippen LogP contribution in [0.15, 0.2) is 59.7 Å². The van der Waals surface area contributed by atoms with Crippen LogP contribution in [0.4, 0.5) is 5.69 Å². The second kappa shape index (κ2) is 13.8. The van der Waals surface area contributed by atoms with E-state index in [4.69, 9.17) is 10.6 Å². The molecule has 1 atom stereocenters. The van der Waals surface area contributed by atoms with Gasteiger partial charge in [0.25, 0.3) is 10.1 Å². The Morgan fingerprint density at radius 3 is 2.35 bits per heavy atom. The number of carbonyl (C=O) groups is 3. The molecule has 0 fully saturated rings. The maximum absolute atomic E-state index is 12.5. The van der Waals surface area contributed by atoms with Gasteiger partial charge in [0.05, 0.1) is 4.90 Å². The van der Waals surface area contributed by atoms with Crippen molar-refractivity contribution < 1.29 is 42.4 Å². The van der Waals surface area contributed by atoms with Gasteiger partial charge in [-0.2, -0.15) is 8.42 Å². The average Bonchev–Trinajstić information content (AvgIpc) is 3.34. The second-order valence-corrected chi connectivity index (χ2v) is 12.2. The number of primary amides is 1. The Kier molecular flexibility index (Phi) is 10.6. The molecule has 14 heteroatoms. The largest absolute Gasteiger partial charge is 0.492 e. The number of nitrogens with zero attached hydrogens (tertiary/aromatic N) is 2. The molecule has 2 aromatic rings. The van der Waals surface area contributed by atoms with Gasteiger partial charge >= 0.3 is 5.97 Å². The third-order valence-electron chi connectivity index (χ3n) is 7.27. The fourth-order valence-corrected chi connectivity index (χ4v) is 5.55. The molecule has 3 rings (SSSR count). The molecule has 1 aliphatic heterocycles. The zero-order chi connectivity index (χ0) is 31.9. The zero-order valence-electron chi connectivity index (χ0n) is 24.2. The van der Waals surface area contributed by atoms with Crippen molar-refractivity contribution in [3.8, 4) is 11.8 Å². The summed E-state index contributed by atoms with van der Waals surface area (Å²) < 4.78 is 33.5. The summed E-state index contributed by atoms with van der Waals surface area (Å²) in [6, 6.07) is 5.85. The molecule has 1 aliphatic rings. The zero-order valence-corrected chi connectivity index (χ0v) is 25.0. The second-order valence-electron chi connectivity index (χ2n) is 10.8. The highest BCUT2D eigenvalue weighted by Gasteiger charge is 2.40. The van der Waals surface area contributed by atoms with Crippen molar-refractivity contribution >= 4 is 33.6 Å². The number of allylic oxidation sites excluding steroid dienone is 3. The van der Waals surface area contributed by atoms with Crippen molar-refractivity contribution in [3.05, 3.63) is 60.3 Å². The molecule has 13 nitrogen and oxygen atoms in total. The predicted octanol–water partition coefficient (Wildman–Crippen LogP) is 2.67. The van der Waals surface area contributed by atoms with Gasteiger partial charge in [-0.05, 0) is 55.5 Å². The summed E-state index contributed by atoms with van der Waals surface area (Å²) in [6.07, 6.45) is 5.76. The van der Waals surface area contributed by atoms with Crippen molar-refractivity contribution in [2.24, 2.45) is 5.73 Å². The molecule has 0 radical (unpaired) electrons. The minimum absolute atomic E-state index is 0.0989. The number of fused-ring (bicyclic) bond motifs is 1. The lowest BCUT2D eigenvalue weighted by Gasteiger charge is -2.27. The van der Waals surface area contributed by atoms with Gasteiger partial charge in [-0.1, -0.05) is 32.9 Å². The first-order valence-corrected chi connectivity index (χ1v) is 15.2. The Bertz CT molecular complexity index is 1490. The van der Waals surface area contributed by atoms with Crippen LogP contribution in [0.25, 0.3) is 0 Å². The number of carbonyl (C=O) groups excluding carboxylic acids is 3. The number of nitrogens with two attached hydrogens (primary N) is 1. The number of anilines is 1. The standard InChI is InChI=1S/C29H38N4O9S/c1-4-9-23-29(2,3)20-18-19(43(39,40)41)13-14-22(20)32(23)17-7-5-6-11-24(34)31-21(28(30)38)10-8-12-27(37)42-33-25(35)15-16-26(33)36/h4,9,13-16,18,21,35-36H,1,5-8,10-12,17H2,2-3H3,(H2,30,38)(H,31,34)(H,39,40,41). The van der Waals surface area contributed by atoms with E-state index in [2.05, 4.69) is 16.8 Å². The number of hydrogen-bond donors (Lipinski definition) is 5. The molecule has 43 heavy (non-hydrogen) atoms. The number of amides is 2. The van der Waals surface area contributed by atoms with Crippen LogP contribution in [0.2, 0.25) is 0 Å². The molecule has 0 aliphatic carbocycles. The lowest BCUT2D eigenvalue weighted by atomic mass is 9.84. The Labute approximate surface area is 250 Å². The van der Waals surface area contributed by atoms with E-state index in [0.717, 1.165) is 29.1 Å². The molecule has 0 bridgehead atoms. The Morgan fingerprint density at radius 1 is 1.07 bits per heavy atom. The predicted molar refractivity (Wildman–Crippen MR) is 158 cm³/mol. The van der Waals surface area contributed by atoms with Gasteiger partial charge in [0, 0.05) is 48.3 Å². The van der Waals surface area contributed by atoms with Crippen molar-refractivity contribution in [1.29, 1.82) is 0 Å². The van der Waals surface area contributed by atoms with Gasteiger partial charge in [0.15, 0.2) is 0 Å². The molecular formula is C29H38N4O9S. The van der Waals surface area contributed by atoms with Gasteiger partial charge in [0.1, 0.15) is 6.04 Å². The Morgan fingerprint density at radius 2 is 1.74 bits per heavy atom. The topological polar surface area (TPSA) is 201 Å². The normalized spacial score (nSPS) is 15.6. The third-order valence-corrected chi connectivity index (χ3v) is 8.12. The molecule has 2 amide bonds. The summed E-state index contributed by atoms with van der Waals surface area (Å²) in [5, 5.41) is 21.7. The molecule has 1 unspecified atom stereocenters. The lowest BCUT2D eigenvalue weighted by Crippen LogP contribution is -2.44. The monoisotopic (exact) mass is 618 g/mol. The van der Waals surface area contributed by atoms with Gasteiger partial charge in [-0.25, -0.2) is 4.79 Å². The van der Waals surface area contributed by atoms with Crippen molar-refractivity contribution in [1.82, 2.24) is 10.0 Å². The van der Waals surface area contributed by atoms with Crippen LogP contribution >= 0.6 is 0 Å². The van der Waals surface area contributed by atoms with Crippen molar-refractivity contribution in [2.75, 3.05) is 11.4 Å². The molecule has 6 N–H and O–H groups in total. The van der Waals surface area contributed by atoms with Crippen LogP contribution in [0.5, 0.6) is 11.8 Å². The minimum Gasteiger partial charge on any atom is -0.492 e. The van der Waals surface area contributed by atoms with Gasteiger partial charge in [-0.15, -0.1) is 4.73 Å². The maximum Gasteiger partial charge on any atom is 0.333 e. The highest BCUT2D eigenvalue weighted by atomic mass is 32.2. The first-order chi connectivity index (χ1) is 20.2. The third kappa shape index (κ3) is 8.17. The number of nitrogens with one attached hydrogen (secondary N) is 1. The van der Waals surface area contributed by atoms with Crippen LogP contribution in [0.1, 0.15) is 64.4 Å². The fraction of sp³-hybridized carbons (Fsp3) is 0.414. The SMILES string of the molecule is C=CC=C1N(CCCCCC(=O)NC(CCCC(=O)On2c(O)ccc2O)C(N)=O)c2ccc(S(=O)(=O)O)cc2C1(C)C. The Balaban J connectivity index is 1.47. The van der Waals surface area contributed by atoms with E-state index >= 15 is 0 Å². The summed E-state index contributed by atoms with van der Waals surface area (Å²) in [7, 11) is -4.35. The summed E-state index contributed by atoms with van der Waals surface area (Å²) in [6.45, 7) is 8.33. The van der Waals surface area contributed by atoms with E-state index in [0.29, 0.717) is 30.5 Å². The smallest absolute Gasteiger partial charge is 0.333 e. The summed E-state index contributed by atoms with van der Waals surface area (Å²) in [4.78, 5) is 43.1. The number of rotatable bonds is 15. The van der Waals surface area contributed by atoms with E-state index in [-0.39, 0.29) is 36.5 Å². The van der Waals surface area contributed by atoms with E-state index in [1.165, 1.54) is 12.1 Å². The van der Waals surface area contributed by atoms with Gasteiger partial charge in [-0.3, -0.25) is 14.1 Å². The quantitative estimate of drug-likeness (QED) is 0.146. The molecule has 234 valence electrons. The van der Waals surface area contributed by atoms with Gasteiger partial charge < -0.3 is 31.0 Å². The van der Waals surface area contributed by atoms with Gasteiger partial charge in [0.2, 0.25) is 23.6 Å². The minimum atomic E-state index is -4.35. The van der Waals surface area contributed by atoms with Crippen molar-refractivity contribution in [3.63, 3.8) is 0 Å². The lowest BCUT2D eigenvalue weighted by molar-refractivity contribution is -0.145. The molecule has 0 spiro atoms. The van der Waals surface area contributed by atoms with E-state index in [9.17, 15) is 37.6 Å². The Hall–Kier alpha value is -4.30. The molecular weight excluding hydrogens is 580 g/mol. The highest BCUT2D eigenvalue weighted by molar-refractivity contribution is 7.85. The van der Waals surface area contributed by atoms with Crippen LogP contribution in [0, 0.1) is 0 Å². The molecule has 1 aromatic carbocycles. The number of hydrogen-bond acceptors (Lipinski definition) is 9. The fourth-order valence-electron chi connectivity index (χ4n) is 5.05. The first-order valence-electron chi connectivity index (χ1n) is 13.8. The van der Waals surface area contributed by atoms with E-state index < -0.39 is 45.2 Å². The number of benzene rings is 1. The average molecular weight is 619 g/mol. The number of aromatic nitrogens is 1. The van der Waals surface area contributed by atoms with Crippen LogP contribution in [0.3, 0.4) is 0 Å². The van der Waals surface area contributed by atoms with E-state index in [1.807, 2.05) is 19.9 Å². The molecule has 0 saturated carbocycles. The highest BCUT2D eigenvalue weighted by Crippen LogP contribution is 2.48. The van der Waals surface area contributed by atoms with Crippen LogP contribution in [-0.2, 0) is 29.9 Å². The molecule has 1 aromatic heterocycles. The summed E-state index contributed by atoms with van der Waals surface area (Å²) >= 11 is 0. The van der Waals surface area contributed by atoms with E-state index in [1.54, 1.807) is 12.1 Å². The molecule has 2 heterocycles. The molecule has 0 saturated heterocycles. The van der Waals surface area contributed by atoms with Crippen LogP contribution in [-0.4, -0.2) is 58.3 Å². The van der Waals surface area contributed by atoms with Crippen LogP contribution < -0.4 is 20.8 Å².